The third-order valence-electron chi connectivity index (χ3n) is 3.65. The Hall–Kier alpha value is -2.89. The molecule has 0 radical (unpaired) electrons. The molecule has 0 heterocycles. The molecule has 0 aliphatic carbocycles. The van der Waals surface area contributed by atoms with Crippen LogP contribution in [0.15, 0.2) is 48.5 Å². The van der Waals surface area contributed by atoms with Crippen molar-refractivity contribution in [2.45, 2.75) is 32.2 Å². The van der Waals surface area contributed by atoms with Gasteiger partial charge in [-0.2, -0.15) is 0 Å². The minimum absolute atomic E-state index is 0.0350. The molecule has 2 aromatic carbocycles. The van der Waals surface area contributed by atoms with E-state index in [4.69, 9.17) is 0 Å². The van der Waals surface area contributed by atoms with Gasteiger partial charge in [0.15, 0.2) is 0 Å². The molecular formula is C18H20N2O4. The first-order valence-electron chi connectivity index (χ1n) is 7.74. The highest BCUT2D eigenvalue weighted by Gasteiger charge is 2.10. The average molecular weight is 328 g/mol. The van der Waals surface area contributed by atoms with Crippen LogP contribution in [0.25, 0.3) is 0 Å². The molecule has 0 spiro atoms. The van der Waals surface area contributed by atoms with E-state index in [1.54, 1.807) is 24.3 Å². The normalized spacial score (nSPS) is 11.7. The van der Waals surface area contributed by atoms with Gasteiger partial charge in [-0.3, -0.25) is 14.9 Å². The fourth-order valence-electron chi connectivity index (χ4n) is 2.47. The van der Waals surface area contributed by atoms with E-state index in [1.807, 2.05) is 19.1 Å². The van der Waals surface area contributed by atoms with E-state index in [2.05, 4.69) is 5.32 Å². The molecule has 1 amide bonds. The van der Waals surface area contributed by atoms with Crippen molar-refractivity contribution >= 4 is 11.6 Å². The second kappa shape index (κ2) is 8.10. The van der Waals surface area contributed by atoms with Crippen LogP contribution in [0.2, 0.25) is 0 Å². The zero-order valence-corrected chi connectivity index (χ0v) is 13.4. The number of phenolic OH excluding ortho intramolecular Hbond substituents is 1. The topological polar surface area (TPSA) is 92.5 Å². The van der Waals surface area contributed by atoms with Crippen LogP contribution < -0.4 is 5.32 Å². The van der Waals surface area contributed by atoms with E-state index in [0.717, 1.165) is 11.1 Å². The van der Waals surface area contributed by atoms with E-state index in [0.29, 0.717) is 12.8 Å². The van der Waals surface area contributed by atoms with Crippen molar-refractivity contribution in [1.29, 1.82) is 0 Å². The first-order valence-corrected chi connectivity index (χ1v) is 7.74. The number of phenols is 1. The number of amides is 1. The Balaban J connectivity index is 1.81. The zero-order chi connectivity index (χ0) is 17.5. The third kappa shape index (κ3) is 5.39. The highest BCUT2D eigenvalue weighted by molar-refractivity contribution is 5.76. The second-order valence-corrected chi connectivity index (χ2v) is 5.77. The number of nitro benzene ring substituents is 1. The van der Waals surface area contributed by atoms with Crippen LogP contribution in [-0.2, 0) is 17.6 Å². The van der Waals surface area contributed by atoms with Gasteiger partial charge in [0.05, 0.1) is 4.92 Å². The number of nitrogens with zero attached hydrogens (tertiary/aromatic N) is 1. The number of carbonyl (C=O) groups is 1. The lowest BCUT2D eigenvalue weighted by Crippen LogP contribution is -2.34. The molecule has 6 nitrogen and oxygen atoms in total. The molecule has 0 saturated heterocycles. The van der Waals surface area contributed by atoms with Crippen molar-refractivity contribution in [3.05, 3.63) is 69.8 Å². The number of aromatic hydroxyl groups is 1. The van der Waals surface area contributed by atoms with E-state index in [-0.39, 0.29) is 29.8 Å². The van der Waals surface area contributed by atoms with Gasteiger partial charge >= 0.3 is 0 Å². The van der Waals surface area contributed by atoms with Gasteiger partial charge in [-0.25, -0.2) is 0 Å². The van der Waals surface area contributed by atoms with Crippen LogP contribution in [0, 0.1) is 10.1 Å². The summed E-state index contributed by atoms with van der Waals surface area (Å²) in [6.45, 7) is 1.91. The van der Waals surface area contributed by atoms with Gasteiger partial charge in [-0.05, 0) is 43.0 Å². The molecule has 2 N–H and O–H groups in total. The smallest absolute Gasteiger partial charge is 0.269 e. The Morgan fingerprint density at radius 1 is 1.21 bits per heavy atom. The minimum atomic E-state index is -0.441. The number of carbonyl (C=O) groups excluding carboxylic acids is 1. The van der Waals surface area contributed by atoms with Crippen molar-refractivity contribution in [3.63, 3.8) is 0 Å². The van der Waals surface area contributed by atoms with Crippen LogP contribution in [-0.4, -0.2) is 22.0 Å². The maximum Gasteiger partial charge on any atom is 0.269 e. The molecule has 126 valence electrons. The van der Waals surface area contributed by atoms with Gasteiger partial charge in [-0.1, -0.05) is 24.3 Å². The van der Waals surface area contributed by atoms with Gasteiger partial charge in [-0.15, -0.1) is 0 Å². The number of non-ortho nitro benzene ring substituents is 1. The van der Waals surface area contributed by atoms with Gasteiger partial charge in [0.25, 0.3) is 5.69 Å². The maximum atomic E-state index is 12.0. The van der Waals surface area contributed by atoms with E-state index in [1.165, 1.54) is 12.1 Å². The minimum Gasteiger partial charge on any atom is -0.508 e. The Labute approximate surface area is 140 Å². The first kappa shape index (κ1) is 17.5. The Morgan fingerprint density at radius 2 is 1.92 bits per heavy atom. The molecule has 0 aliphatic heterocycles. The summed E-state index contributed by atoms with van der Waals surface area (Å²) >= 11 is 0. The summed E-state index contributed by atoms with van der Waals surface area (Å²) in [6, 6.07) is 13.2. The standard InChI is InChI=1S/C18H20N2O4/c1-13(11-15-5-8-17(21)9-6-15)19-18(22)10-7-14-3-2-4-16(12-14)20(23)24/h2-6,8-9,12-13,21H,7,10-11H2,1H3,(H,19,22)/t13-/m0/s1. The van der Waals surface area contributed by atoms with E-state index < -0.39 is 4.92 Å². The largest absolute Gasteiger partial charge is 0.508 e. The third-order valence-corrected chi connectivity index (χ3v) is 3.65. The van der Waals surface area contributed by atoms with Crippen molar-refractivity contribution in [2.75, 3.05) is 0 Å². The van der Waals surface area contributed by atoms with Crippen molar-refractivity contribution in [3.8, 4) is 5.75 Å². The number of nitrogens with one attached hydrogen (secondary N) is 1. The summed E-state index contributed by atoms with van der Waals surface area (Å²) < 4.78 is 0. The summed E-state index contributed by atoms with van der Waals surface area (Å²) in [5.41, 5.74) is 1.83. The zero-order valence-electron chi connectivity index (χ0n) is 13.4. The molecule has 0 fully saturated rings. The predicted molar refractivity (Wildman–Crippen MR) is 90.8 cm³/mol. The highest BCUT2D eigenvalue weighted by Crippen LogP contribution is 2.14. The highest BCUT2D eigenvalue weighted by atomic mass is 16.6. The van der Waals surface area contributed by atoms with Crippen LogP contribution >= 0.6 is 0 Å². The second-order valence-electron chi connectivity index (χ2n) is 5.77. The first-order chi connectivity index (χ1) is 11.4. The molecule has 0 saturated carbocycles. The summed E-state index contributed by atoms with van der Waals surface area (Å²) in [5.74, 6) is 0.125. The fraction of sp³-hybridized carbons (Fsp3) is 0.278. The molecule has 6 heteroatoms. The lowest BCUT2D eigenvalue weighted by Gasteiger charge is -2.14. The SMILES string of the molecule is C[C@@H](Cc1ccc(O)cc1)NC(=O)CCc1cccc([N+](=O)[O-])c1. The molecule has 0 aromatic heterocycles. The van der Waals surface area contributed by atoms with E-state index >= 15 is 0 Å². The van der Waals surface area contributed by atoms with Gasteiger partial charge < -0.3 is 10.4 Å². The molecule has 0 aliphatic rings. The molecule has 24 heavy (non-hydrogen) atoms. The molecule has 0 bridgehead atoms. The number of hydrogen-bond donors (Lipinski definition) is 2. The van der Waals surface area contributed by atoms with Gasteiger partial charge in [0.2, 0.25) is 5.91 Å². The molecule has 0 unspecified atom stereocenters. The summed E-state index contributed by atoms with van der Waals surface area (Å²) in [7, 11) is 0. The summed E-state index contributed by atoms with van der Waals surface area (Å²) in [6.07, 6.45) is 1.41. The number of aryl methyl sites for hydroxylation is 1. The fourth-order valence-corrected chi connectivity index (χ4v) is 2.47. The molecule has 2 aromatic rings. The van der Waals surface area contributed by atoms with Crippen LogP contribution in [0.4, 0.5) is 5.69 Å². The van der Waals surface area contributed by atoms with Crippen LogP contribution in [0.1, 0.15) is 24.5 Å². The lowest BCUT2D eigenvalue weighted by atomic mass is 10.1. The molecule has 1 atom stereocenters. The van der Waals surface area contributed by atoms with Crippen molar-refractivity contribution < 1.29 is 14.8 Å². The Morgan fingerprint density at radius 3 is 2.58 bits per heavy atom. The molecular weight excluding hydrogens is 308 g/mol. The quantitative estimate of drug-likeness (QED) is 0.603. The summed E-state index contributed by atoms with van der Waals surface area (Å²) in [5, 5.41) is 22.9. The van der Waals surface area contributed by atoms with Gasteiger partial charge in [0, 0.05) is 24.6 Å². The van der Waals surface area contributed by atoms with Gasteiger partial charge in [0.1, 0.15) is 5.75 Å². The Kier molecular flexibility index (Phi) is 5.89. The summed E-state index contributed by atoms with van der Waals surface area (Å²) in [4.78, 5) is 22.3. The predicted octanol–water partition coefficient (Wildman–Crippen LogP) is 2.98. The molecule has 2 rings (SSSR count). The van der Waals surface area contributed by atoms with Crippen LogP contribution in [0.3, 0.4) is 0 Å². The van der Waals surface area contributed by atoms with Crippen molar-refractivity contribution in [2.24, 2.45) is 0 Å². The maximum absolute atomic E-state index is 12.0. The van der Waals surface area contributed by atoms with Crippen LogP contribution in [0.5, 0.6) is 5.75 Å². The number of rotatable bonds is 7. The number of benzene rings is 2. The lowest BCUT2D eigenvalue weighted by molar-refractivity contribution is -0.384. The average Bonchev–Trinajstić information content (AvgIpc) is 2.55. The van der Waals surface area contributed by atoms with E-state index in [9.17, 15) is 20.0 Å². The van der Waals surface area contributed by atoms with Crippen molar-refractivity contribution in [1.82, 2.24) is 5.32 Å². The number of hydrogen-bond acceptors (Lipinski definition) is 4. The monoisotopic (exact) mass is 328 g/mol. The number of nitro groups is 1. The Bertz CT molecular complexity index is 713.